The van der Waals surface area contributed by atoms with Crippen LogP contribution in [0.5, 0.6) is 5.75 Å². The summed E-state index contributed by atoms with van der Waals surface area (Å²) in [7, 11) is 0. The Bertz CT molecular complexity index is 1190. The highest BCUT2D eigenvalue weighted by atomic mass is 19.4. The Kier molecular flexibility index (Phi) is 13.8. The van der Waals surface area contributed by atoms with E-state index in [9.17, 15) is 18.0 Å². The van der Waals surface area contributed by atoms with E-state index < -0.39 is 24.7 Å². The lowest BCUT2D eigenvalue weighted by molar-refractivity contribution is -0.139. The minimum atomic E-state index is -4.48. The Morgan fingerprint density at radius 3 is 2.51 bits per heavy atom. The molecule has 8 nitrogen and oxygen atoms in total. The zero-order valence-corrected chi connectivity index (χ0v) is 24.4. The van der Waals surface area contributed by atoms with Crippen LogP contribution in [0.15, 0.2) is 55.1 Å². The topological polar surface area (TPSA) is 101 Å². The van der Waals surface area contributed by atoms with Gasteiger partial charge in [-0.2, -0.15) is 13.2 Å². The van der Waals surface area contributed by atoms with Crippen molar-refractivity contribution in [2.75, 3.05) is 30.3 Å². The summed E-state index contributed by atoms with van der Waals surface area (Å²) in [5, 5.41) is 8.25. The van der Waals surface area contributed by atoms with Crippen LogP contribution in [0, 0.1) is 5.92 Å². The van der Waals surface area contributed by atoms with Gasteiger partial charge in [0.1, 0.15) is 24.2 Å². The van der Waals surface area contributed by atoms with Crippen LogP contribution in [0.4, 0.5) is 24.7 Å². The number of nitrogens with one attached hydrogen (secondary N) is 3. The Labute approximate surface area is 240 Å². The molecule has 0 fully saturated rings. The summed E-state index contributed by atoms with van der Waals surface area (Å²) in [4.78, 5) is 25.6. The number of aromatic nitrogens is 3. The van der Waals surface area contributed by atoms with Crippen molar-refractivity contribution >= 4 is 17.4 Å². The molecular formula is C30H41F3N6O2. The maximum Gasteiger partial charge on any atom is 0.405 e. The van der Waals surface area contributed by atoms with Crippen molar-refractivity contribution in [2.45, 2.75) is 66.1 Å². The van der Waals surface area contributed by atoms with Crippen LogP contribution in [0.25, 0.3) is 0 Å². The number of pyridine rings is 3. The Morgan fingerprint density at radius 1 is 1.07 bits per heavy atom. The molecule has 1 unspecified atom stereocenters. The van der Waals surface area contributed by atoms with Gasteiger partial charge in [-0.05, 0) is 55.5 Å². The fourth-order valence-corrected chi connectivity index (χ4v) is 3.91. The molecule has 1 amide bonds. The molecule has 224 valence electrons. The molecule has 3 N–H and O–H groups in total. The highest BCUT2D eigenvalue weighted by molar-refractivity contribution is 5.84. The van der Waals surface area contributed by atoms with Crippen molar-refractivity contribution in [2.24, 2.45) is 5.92 Å². The number of hydrogen-bond donors (Lipinski definition) is 3. The maximum absolute atomic E-state index is 12.6. The third-order valence-electron chi connectivity index (χ3n) is 5.78. The largest absolute Gasteiger partial charge is 0.492 e. The van der Waals surface area contributed by atoms with E-state index >= 15 is 0 Å². The van der Waals surface area contributed by atoms with Crippen LogP contribution in [-0.4, -0.2) is 52.8 Å². The van der Waals surface area contributed by atoms with Crippen LogP contribution in [0.3, 0.4) is 0 Å². The molecular weight excluding hydrogens is 533 g/mol. The first-order valence-electron chi connectivity index (χ1n) is 13.9. The first kappa shape index (κ1) is 33.3. The molecule has 11 heteroatoms. The summed E-state index contributed by atoms with van der Waals surface area (Å²) in [6.07, 6.45) is 4.34. The lowest BCUT2D eigenvalue weighted by Gasteiger charge is -2.23. The fourth-order valence-electron chi connectivity index (χ4n) is 3.91. The number of carbonyl (C=O) groups is 1. The van der Waals surface area contributed by atoms with Crippen LogP contribution >= 0.6 is 0 Å². The van der Waals surface area contributed by atoms with E-state index in [1.54, 1.807) is 38.6 Å². The summed E-state index contributed by atoms with van der Waals surface area (Å²) >= 11 is 0. The number of alkyl halides is 3. The molecule has 0 radical (unpaired) electrons. The highest BCUT2D eigenvalue weighted by Gasteiger charge is 2.30. The minimum Gasteiger partial charge on any atom is -0.492 e. The molecule has 0 aliphatic rings. The van der Waals surface area contributed by atoms with Crippen molar-refractivity contribution in [1.29, 1.82) is 0 Å². The second kappa shape index (κ2) is 17.0. The molecule has 3 aromatic rings. The van der Waals surface area contributed by atoms with Gasteiger partial charge in [-0.3, -0.25) is 14.8 Å². The molecule has 0 aromatic carbocycles. The van der Waals surface area contributed by atoms with Gasteiger partial charge in [0.25, 0.3) is 0 Å². The highest BCUT2D eigenvalue weighted by Crippen LogP contribution is 2.24. The monoisotopic (exact) mass is 574 g/mol. The number of amides is 1. The van der Waals surface area contributed by atoms with Gasteiger partial charge in [-0.25, -0.2) is 4.98 Å². The fraction of sp³-hybridized carbons (Fsp3) is 0.467. The first-order valence-corrected chi connectivity index (χ1v) is 13.9. The number of rotatable bonds is 14. The van der Waals surface area contributed by atoms with Gasteiger partial charge in [0, 0.05) is 42.8 Å². The van der Waals surface area contributed by atoms with E-state index in [4.69, 9.17) is 4.74 Å². The third-order valence-corrected chi connectivity index (χ3v) is 5.78. The van der Waals surface area contributed by atoms with E-state index in [-0.39, 0.29) is 5.92 Å². The van der Waals surface area contributed by atoms with Crippen LogP contribution < -0.4 is 20.7 Å². The molecule has 0 bridgehead atoms. The number of halogens is 3. The molecule has 3 aromatic heterocycles. The molecule has 0 saturated heterocycles. The van der Waals surface area contributed by atoms with E-state index in [0.29, 0.717) is 31.0 Å². The molecule has 0 aliphatic carbocycles. The van der Waals surface area contributed by atoms with Gasteiger partial charge in [-0.15, -0.1) is 0 Å². The Balaban J connectivity index is 0.00000287. The standard InChI is InChI=1S/C28H35F3N6O2.C2H6/c1-4-33-26-21(14-24(17-35-26)39-11-7-9-22-8-5-6-10-34-22)12-20-13-23(16-32-15-20)37-25(19(2)3)27(38)36-18-28(29,30)31;1-2/h5-6,8,10,13-17,19,25,37H,4,7,9,11-12,18H2,1-3H3,(H,33,35)(H,36,38);1-2H3. The lowest BCUT2D eigenvalue weighted by Crippen LogP contribution is -2.46. The second-order valence-corrected chi connectivity index (χ2v) is 9.44. The predicted molar refractivity (Wildman–Crippen MR) is 156 cm³/mol. The van der Waals surface area contributed by atoms with E-state index in [0.717, 1.165) is 35.5 Å². The molecule has 3 heterocycles. The van der Waals surface area contributed by atoms with Gasteiger partial charge < -0.3 is 20.7 Å². The molecule has 1 atom stereocenters. The first-order chi connectivity index (χ1) is 19.6. The van der Waals surface area contributed by atoms with E-state index in [2.05, 4.69) is 25.6 Å². The third kappa shape index (κ3) is 12.0. The number of nitrogens with zero attached hydrogens (tertiary/aromatic N) is 3. The predicted octanol–water partition coefficient (Wildman–Crippen LogP) is 6.05. The zero-order valence-electron chi connectivity index (χ0n) is 24.4. The van der Waals surface area contributed by atoms with Crippen molar-refractivity contribution in [3.63, 3.8) is 0 Å². The smallest absolute Gasteiger partial charge is 0.405 e. The van der Waals surface area contributed by atoms with Gasteiger partial charge in [0.05, 0.1) is 18.5 Å². The van der Waals surface area contributed by atoms with Crippen molar-refractivity contribution < 1.29 is 22.7 Å². The second-order valence-electron chi connectivity index (χ2n) is 9.44. The summed E-state index contributed by atoms with van der Waals surface area (Å²) in [5.74, 6) is 0.400. The lowest BCUT2D eigenvalue weighted by atomic mass is 10.0. The van der Waals surface area contributed by atoms with Crippen LogP contribution in [0.1, 0.15) is 57.9 Å². The normalized spacial score (nSPS) is 11.7. The molecule has 3 rings (SSSR count). The van der Waals surface area contributed by atoms with Gasteiger partial charge in [0.2, 0.25) is 5.91 Å². The van der Waals surface area contributed by atoms with Gasteiger partial charge >= 0.3 is 6.18 Å². The zero-order chi connectivity index (χ0) is 30.3. The number of hydrogen-bond acceptors (Lipinski definition) is 7. The van der Waals surface area contributed by atoms with Crippen molar-refractivity contribution in [3.05, 3.63) is 71.9 Å². The number of ether oxygens (including phenoxy) is 1. The van der Waals surface area contributed by atoms with E-state index in [1.165, 1.54) is 0 Å². The molecule has 0 spiro atoms. The summed E-state index contributed by atoms with van der Waals surface area (Å²) in [5.41, 5.74) is 3.29. The summed E-state index contributed by atoms with van der Waals surface area (Å²) in [6, 6.07) is 8.75. The quantitative estimate of drug-likeness (QED) is 0.202. The Morgan fingerprint density at radius 2 is 1.85 bits per heavy atom. The SMILES string of the molecule is CC.CCNc1ncc(OCCCc2ccccn2)cc1Cc1cncc(NC(C(=O)NCC(F)(F)F)C(C)C)c1. The maximum atomic E-state index is 12.6. The Hall–Kier alpha value is -3.89. The van der Waals surface area contributed by atoms with Crippen molar-refractivity contribution in [3.8, 4) is 5.75 Å². The van der Waals surface area contributed by atoms with E-state index in [1.807, 2.05) is 56.4 Å². The van der Waals surface area contributed by atoms with Gasteiger partial charge in [0.15, 0.2) is 0 Å². The molecule has 0 saturated carbocycles. The number of anilines is 2. The van der Waals surface area contributed by atoms with Crippen LogP contribution in [0.2, 0.25) is 0 Å². The minimum absolute atomic E-state index is 0.252. The summed E-state index contributed by atoms with van der Waals surface area (Å²) in [6.45, 7) is 9.34. The number of aryl methyl sites for hydroxylation is 1. The average molecular weight is 575 g/mol. The van der Waals surface area contributed by atoms with Gasteiger partial charge in [-0.1, -0.05) is 33.8 Å². The number of carbonyl (C=O) groups excluding carboxylic acids is 1. The molecule has 41 heavy (non-hydrogen) atoms. The van der Waals surface area contributed by atoms with Crippen LogP contribution in [-0.2, 0) is 17.6 Å². The average Bonchev–Trinajstić information content (AvgIpc) is 2.95. The molecule has 0 aliphatic heterocycles. The summed E-state index contributed by atoms with van der Waals surface area (Å²) < 4.78 is 43.7. The van der Waals surface area contributed by atoms with Crippen molar-refractivity contribution in [1.82, 2.24) is 20.3 Å².